The molecule has 21 heavy (non-hydrogen) atoms. The molecule has 1 aromatic carbocycles. The fourth-order valence-corrected chi connectivity index (χ4v) is 2.99. The van der Waals surface area contributed by atoms with Crippen LogP contribution in [0.15, 0.2) is 24.3 Å². The largest absolute Gasteiger partial charge is 0.573 e. The maximum absolute atomic E-state index is 12.4. The van der Waals surface area contributed by atoms with Gasteiger partial charge in [-0.05, 0) is 25.8 Å². The molecule has 5 atom stereocenters. The summed E-state index contributed by atoms with van der Waals surface area (Å²) in [5, 5.41) is 10.5. The first kappa shape index (κ1) is 16.1. The lowest BCUT2D eigenvalue weighted by Crippen LogP contribution is -2.26. The van der Waals surface area contributed by atoms with Crippen LogP contribution in [0.2, 0.25) is 0 Å². The summed E-state index contributed by atoms with van der Waals surface area (Å²) >= 11 is 0. The number of para-hydroxylation sites is 1. The monoisotopic (exact) mass is 304 g/mol. The molecule has 1 heterocycles. The molecule has 1 fully saturated rings. The van der Waals surface area contributed by atoms with Crippen molar-refractivity contribution in [3.05, 3.63) is 29.8 Å². The molecule has 1 aliphatic rings. The average molecular weight is 304 g/mol. The van der Waals surface area contributed by atoms with Gasteiger partial charge in [-0.1, -0.05) is 25.1 Å². The summed E-state index contributed by atoms with van der Waals surface area (Å²) in [6.45, 7) is 5.64. The van der Waals surface area contributed by atoms with Crippen LogP contribution in [0, 0.1) is 11.8 Å². The van der Waals surface area contributed by atoms with Crippen LogP contribution in [0.3, 0.4) is 0 Å². The number of ether oxygens (including phenoxy) is 2. The molecule has 5 unspecified atom stereocenters. The number of hydrogen-bond acceptors (Lipinski definition) is 3. The van der Waals surface area contributed by atoms with Gasteiger partial charge >= 0.3 is 6.36 Å². The van der Waals surface area contributed by atoms with Crippen molar-refractivity contribution in [2.24, 2.45) is 11.8 Å². The molecule has 1 aromatic rings. The smallest absolute Gasteiger partial charge is 0.405 e. The molecule has 118 valence electrons. The van der Waals surface area contributed by atoms with E-state index in [1.807, 2.05) is 20.8 Å². The highest BCUT2D eigenvalue weighted by atomic mass is 19.4. The van der Waals surface area contributed by atoms with Gasteiger partial charge in [-0.3, -0.25) is 0 Å². The van der Waals surface area contributed by atoms with Crippen molar-refractivity contribution < 1.29 is 27.8 Å². The van der Waals surface area contributed by atoms with Crippen LogP contribution < -0.4 is 4.74 Å². The highest BCUT2D eigenvalue weighted by molar-refractivity contribution is 5.36. The number of rotatable bonds is 3. The molecule has 1 N–H and O–H groups in total. The van der Waals surface area contributed by atoms with Gasteiger partial charge < -0.3 is 14.6 Å². The van der Waals surface area contributed by atoms with E-state index < -0.39 is 12.5 Å². The maximum Gasteiger partial charge on any atom is 0.573 e. The molecular formula is C15H19F3O3. The van der Waals surface area contributed by atoms with E-state index in [0.717, 1.165) is 0 Å². The summed E-state index contributed by atoms with van der Waals surface area (Å²) < 4.78 is 47.0. The van der Waals surface area contributed by atoms with Crippen LogP contribution in [0.25, 0.3) is 0 Å². The lowest BCUT2D eigenvalue weighted by atomic mass is 9.82. The molecular weight excluding hydrogens is 285 g/mol. The minimum absolute atomic E-state index is 0.0361. The first-order chi connectivity index (χ1) is 9.70. The molecule has 0 bridgehead atoms. The molecule has 1 aliphatic heterocycles. The van der Waals surface area contributed by atoms with E-state index in [2.05, 4.69) is 4.74 Å². The Kier molecular flexibility index (Phi) is 4.49. The van der Waals surface area contributed by atoms with Crippen molar-refractivity contribution in [2.45, 2.75) is 45.4 Å². The van der Waals surface area contributed by atoms with Crippen LogP contribution in [0.1, 0.15) is 32.4 Å². The summed E-state index contributed by atoms with van der Waals surface area (Å²) in [5.41, 5.74) is 0.135. The number of halogens is 3. The van der Waals surface area contributed by atoms with Gasteiger partial charge in [0.25, 0.3) is 0 Å². The third-order valence-corrected chi connectivity index (χ3v) is 4.15. The molecule has 3 nitrogen and oxygen atoms in total. The number of alkyl halides is 3. The Balaban J connectivity index is 2.29. The molecule has 1 saturated heterocycles. The van der Waals surface area contributed by atoms with E-state index in [4.69, 9.17) is 4.74 Å². The quantitative estimate of drug-likeness (QED) is 0.926. The van der Waals surface area contributed by atoms with Crippen molar-refractivity contribution in [3.8, 4) is 5.75 Å². The van der Waals surface area contributed by atoms with Gasteiger partial charge in [-0.2, -0.15) is 0 Å². The van der Waals surface area contributed by atoms with E-state index in [0.29, 0.717) is 0 Å². The van der Waals surface area contributed by atoms with Gasteiger partial charge in [0.1, 0.15) is 5.75 Å². The Labute approximate surface area is 121 Å². The first-order valence-corrected chi connectivity index (χ1v) is 6.89. The summed E-state index contributed by atoms with van der Waals surface area (Å²) in [5.74, 6) is -0.608. The van der Waals surface area contributed by atoms with Crippen LogP contribution in [0.4, 0.5) is 13.2 Å². The van der Waals surface area contributed by atoms with Crippen molar-refractivity contribution in [2.75, 3.05) is 0 Å². The summed E-state index contributed by atoms with van der Waals surface area (Å²) in [7, 11) is 0. The van der Waals surface area contributed by atoms with Crippen molar-refractivity contribution in [1.29, 1.82) is 0 Å². The van der Waals surface area contributed by atoms with Crippen molar-refractivity contribution in [3.63, 3.8) is 0 Å². The Bertz CT molecular complexity index is 489. The summed E-state index contributed by atoms with van der Waals surface area (Å²) in [6, 6.07) is 5.68. The SMILES string of the molecule is CC1OC(C)C(C(O)c2ccccc2OC(F)(F)F)C1C. The molecule has 0 radical (unpaired) electrons. The number of aliphatic hydroxyl groups excluding tert-OH is 1. The van der Waals surface area contributed by atoms with Crippen LogP contribution in [-0.2, 0) is 4.74 Å². The van der Waals surface area contributed by atoms with Crippen LogP contribution in [-0.4, -0.2) is 23.7 Å². The second-order valence-electron chi connectivity index (χ2n) is 5.51. The summed E-state index contributed by atoms with van der Waals surface area (Å²) in [6.07, 6.45) is -6.13. The van der Waals surface area contributed by atoms with Crippen molar-refractivity contribution in [1.82, 2.24) is 0 Å². The zero-order valence-corrected chi connectivity index (χ0v) is 12.1. The third-order valence-electron chi connectivity index (χ3n) is 4.15. The molecule has 0 aliphatic carbocycles. The molecule has 6 heteroatoms. The molecule has 0 saturated carbocycles. The van der Waals surface area contributed by atoms with E-state index >= 15 is 0 Å². The van der Waals surface area contributed by atoms with Crippen LogP contribution >= 0.6 is 0 Å². The Hall–Kier alpha value is -1.27. The zero-order valence-electron chi connectivity index (χ0n) is 12.1. The Morgan fingerprint density at radius 2 is 1.76 bits per heavy atom. The molecule has 0 spiro atoms. The van der Waals surface area contributed by atoms with Gasteiger partial charge in [0.2, 0.25) is 0 Å². The third kappa shape index (κ3) is 3.49. The van der Waals surface area contributed by atoms with Gasteiger partial charge in [-0.15, -0.1) is 13.2 Å². The highest BCUT2D eigenvalue weighted by Crippen LogP contribution is 2.43. The fraction of sp³-hybridized carbons (Fsp3) is 0.600. The Morgan fingerprint density at radius 1 is 1.14 bits per heavy atom. The topological polar surface area (TPSA) is 38.7 Å². The lowest BCUT2D eigenvalue weighted by Gasteiger charge is -2.26. The van der Waals surface area contributed by atoms with E-state index in [1.54, 1.807) is 6.07 Å². The predicted octanol–water partition coefficient (Wildman–Crippen LogP) is 3.68. The number of hydrogen-bond donors (Lipinski definition) is 1. The van der Waals surface area contributed by atoms with Gasteiger partial charge in [-0.25, -0.2) is 0 Å². The average Bonchev–Trinajstić information content (AvgIpc) is 2.61. The van der Waals surface area contributed by atoms with E-state index in [1.165, 1.54) is 18.2 Å². The number of benzene rings is 1. The van der Waals surface area contributed by atoms with E-state index in [-0.39, 0.29) is 35.4 Å². The van der Waals surface area contributed by atoms with E-state index in [9.17, 15) is 18.3 Å². The van der Waals surface area contributed by atoms with Gasteiger partial charge in [0.05, 0.1) is 18.3 Å². The predicted molar refractivity (Wildman–Crippen MR) is 70.7 cm³/mol. The lowest BCUT2D eigenvalue weighted by molar-refractivity contribution is -0.275. The normalized spacial score (nSPS) is 31.2. The Morgan fingerprint density at radius 3 is 2.29 bits per heavy atom. The van der Waals surface area contributed by atoms with Gasteiger partial charge in [0.15, 0.2) is 0 Å². The first-order valence-electron chi connectivity index (χ1n) is 6.89. The number of aliphatic hydroxyl groups is 1. The fourth-order valence-electron chi connectivity index (χ4n) is 2.99. The molecule has 0 amide bonds. The van der Waals surface area contributed by atoms with Crippen LogP contribution in [0.5, 0.6) is 5.75 Å². The summed E-state index contributed by atoms with van der Waals surface area (Å²) in [4.78, 5) is 0. The second-order valence-corrected chi connectivity index (χ2v) is 5.51. The second kappa shape index (κ2) is 5.85. The minimum atomic E-state index is -4.79. The highest BCUT2D eigenvalue weighted by Gasteiger charge is 2.43. The maximum atomic E-state index is 12.4. The zero-order chi connectivity index (χ0) is 15.8. The standard InChI is InChI=1S/C15H19F3O3/c1-8-9(2)20-10(3)13(8)14(19)11-6-4-5-7-12(11)21-15(16,17)18/h4-10,13-14,19H,1-3H3. The van der Waals surface area contributed by atoms with Crippen molar-refractivity contribution >= 4 is 0 Å². The minimum Gasteiger partial charge on any atom is -0.405 e. The van der Waals surface area contributed by atoms with Gasteiger partial charge in [0, 0.05) is 11.5 Å². The molecule has 0 aromatic heterocycles. The molecule has 2 rings (SSSR count).